The van der Waals surface area contributed by atoms with Crippen molar-refractivity contribution in [3.05, 3.63) is 34.9 Å². The van der Waals surface area contributed by atoms with Crippen molar-refractivity contribution >= 4 is 12.4 Å². The van der Waals surface area contributed by atoms with Crippen LogP contribution in [-0.4, -0.2) is 13.1 Å². The Kier molecular flexibility index (Phi) is 5.47. The van der Waals surface area contributed by atoms with Crippen LogP contribution in [0.5, 0.6) is 0 Å². The predicted molar refractivity (Wildman–Crippen MR) is 72.4 cm³/mol. The summed E-state index contributed by atoms with van der Waals surface area (Å²) >= 11 is 0. The molecule has 1 atom stereocenters. The smallest absolute Gasteiger partial charge is 0.0635 e. The molecule has 1 N–H and O–H groups in total. The molecule has 0 amide bonds. The van der Waals surface area contributed by atoms with Crippen LogP contribution in [0.1, 0.15) is 23.1 Å². The van der Waals surface area contributed by atoms with E-state index >= 15 is 0 Å². The Bertz CT molecular complexity index is 409. The van der Waals surface area contributed by atoms with Crippen molar-refractivity contribution in [1.29, 1.82) is 5.26 Å². The summed E-state index contributed by atoms with van der Waals surface area (Å²) in [5.41, 5.74) is 4.39. The molecule has 3 heteroatoms. The fourth-order valence-corrected chi connectivity index (χ4v) is 2.43. The minimum Gasteiger partial charge on any atom is -0.315 e. The van der Waals surface area contributed by atoms with Crippen molar-refractivity contribution in [2.45, 2.75) is 26.2 Å². The summed E-state index contributed by atoms with van der Waals surface area (Å²) in [7, 11) is 0. The summed E-state index contributed by atoms with van der Waals surface area (Å²) in [6.07, 6.45) is 2.99. The van der Waals surface area contributed by atoms with E-state index in [1.54, 1.807) is 0 Å². The third-order valence-corrected chi connectivity index (χ3v) is 3.23. The van der Waals surface area contributed by atoms with Gasteiger partial charge in [0, 0.05) is 13.0 Å². The average Bonchev–Trinajstić information content (AvgIpc) is 2.66. The van der Waals surface area contributed by atoms with Crippen LogP contribution in [0.4, 0.5) is 0 Å². The van der Waals surface area contributed by atoms with E-state index in [1.165, 1.54) is 29.5 Å². The van der Waals surface area contributed by atoms with Gasteiger partial charge in [0.1, 0.15) is 0 Å². The molecule has 0 saturated carbocycles. The number of hydrogen-bond acceptors (Lipinski definition) is 2. The average molecular weight is 251 g/mol. The molecule has 1 aromatic carbocycles. The van der Waals surface area contributed by atoms with Crippen molar-refractivity contribution in [2.24, 2.45) is 5.92 Å². The van der Waals surface area contributed by atoms with Gasteiger partial charge in [-0.25, -0.2) is 0 Å². The van der Waals surface area contributed by atoms with E-state index in [4.69, 9.17) is 5.26 Å². The zero-order chi connectivity index (χ0) is 11.4. The highest BCUT2D eigenvalue weighted by Gasteiger charge is 2.20. The van der Waals surface area contributed by atoms with Gasteiger partial charge in [0.05, 0.1) is 6.07 Å². The number of fused-ring (bicyclic) bond motifs is 1. The minimum absolute atomic E-state index is 0. The normalized spacial score (nSPS) is 17.1. The molecule has 2 nitrogen and oxygen atoms in total. The Morgan fingerprint density at radius 1 is 1.35 bits per heavy atom. The lowest BCUT2D eigenvalue weighted by Crippen LogP contribution is -2.23. The van der Waals surface area contributed by atoms with Gasteiger partial charge in [-0.05, 0) is 43.4 Å². The molecule has 92 valence electrons. The van der Waals surface area contributed by atoms with Gasteiger partial charge >= 0.3 is 0 Å². The fourth-order valence-electron chi connectivity index (χ4n) is 2.43. The standard InChI is InChI=1S/C14H18N2.ClH/c1-11-3-4-13-8-12(9-14(13)7-11)10-16-6-2-5-15;/h3-4,7,12,16H,2,6,8-10H2,1H3;1H. The molecule has 0 fully saturated rings. The molecule has 1 aliphatic rings. The van der Waals surface area contributed by atoms with E-state index in [2.05, 4.69) is 36.5 Å². The molecule has 0 heterocycles. The molecule has 1 aliphatic carbocycles. The summed E-state index contributed by atoms with van der Waals surface area (Å²) in [5.74, 6) is 0.718. The van der Waals surface area contributed by atoms with Gasteiger partial charge < -0.3 is 5.32 Å². The Hall–Kier alpha value is -1.04. The van der Waals surface area contributed by atoms with Gasteiger partial charge in [0.15, 0.2) is 0 Å². The van der Waals surface area contributed by atoms with Crippen molar-refractivity contribution in [3.8, 4) is 6.07 Å². The Morgan fingerprint density at radius 3 is 2.88 bits per heavy atom. The molecule has 17 heavy (non-hydrogen) atoms. The molecule has 0 aliphatic heterocycles. The zero-order valence-corrected chi connectivity index (χ0v) is 11.0. The molecule has 0 aromatic heterocycles. The molecule has 0 spiro atoms. The monoisotopic (exact) mass is 250 g/mol. The fraction of sp³-hybridized carbons (Fsp3) is 0.500. The summed E-state index contributed by atoms with van der Waals surface area (Å²) < 4.78 is 0. The highest BCUT2D eigenvalue weighted by molar-refractivity contribution is 5.85. The molecule has 1 aromatic rings. The zero-order valence-electron chi connectivity index (χ0n) is 10.2. The van der Waals surface area contributed by atoms with Crippen LogP contribution in [0.25, 0.3) is 0 Å². The number of nitriles is 1. The van der Waals surface area contributed by atoms with Crippen LogP contribution in [-0.2, 0) is 12.8 Å². The highest BCUT2D eigenvalue weighted by Crippen LogP contribution is 2.26. The molecular formula is C14H19ClN2. The topological polar surface area (TPSA) is 35.8 Å². The first-order valence-electron chi connectivity index (χ1n) is 5.95. The third-order valence-electron chi connectivity index (χ3n) is 3.23. The van der Waals surface area contributed by atoms with Crippen molar-refractivity contribution < 1.29 is 0 Å². The number of nitrogens with zero attached hydrogens (tertiary/aromatic N) is 1. The quantitative estimate of drug-likeness (QED) is 0.834. The van der Waals surface area contributed by atoms with E-state index < -0.39 is 0 Å². The summed E-state index contributed by atoms with van der Waals surface area (Å²) in [6.45, 7) is 4.01. The van der Waals surface area contributed by atoms with Gasteiger partial charge in [0.25, 0.3) is 0 Å². The number of nitrogens with one attached hydrogen (secondary N) is 1. The Morgan fingerprint density at radius 2 is 2.12 bits per heavy atom. The number of aryl methyl sites for hydroxylation is 1. The van der Waals surface area contributed by atoms with Crippen LogP contribution in [0.15, 0.2) is 18.2 Å². The van der Waals surface area contributed by atoms with Gasteiger partial charge in [-0.15, -0.1) is 12.4 Å². The van der Waals surface area contributed by atoms with Gasteiger partial charge in [-0.3, -0.25) is 0 Å². The molecule has 0 bridgehead atoms. The second kappa shape index (κ2) is 6.64. The summed E-state index contributed by atoms with van der Waals surface area (Å²) in [5, 5.41) is 11.8. The molecular weight excluding hydrogens is 232 g/mol. The Labute approximate surface area is 109 Å². The van der Waals surface area contributed by atoms with Gasteiger partial charge in [0.2, 0.25) is 0 Å². The lowest BCUT2D eigenvalue weighted by Gasteiger charge is -2.08. The van der Waals surface area contributed by atoms with E-state index in [0.717, 1.165) is 19.0 Å². The number of benzene rings is 1. The Balaban J connectivity index is 0.00000144. The number of halogens is 1. The first-order valence-corrected chi connectivity index (χ1v) is 5.95. The SMILES string of the molecule is Cc1ccc2c(c1)CC(CNCCC#N)C2.Cl. The lowest BCUT2D eigenvalue weighted by atomic mass is 10.1. The van der Waals surface area contributed by atoms with E-state index in [-0.39, 0.29) is 12.4 Å². The van der Waals surface area contributed by atoms with E-state index in [9.17, 15) is 0 Å². The second-order valence-electron chi connectivity index (χ2n) is 4.66. The third kappa shape index (κ3) is 3.73. The van der Waals surface area contributed by atoms with E-state index in [1.807, 2.05) is 0 Å². The van der Waals surface area contributed by atoms with Crippen molar-refractivity contribution in [3.63, 3.8) is 0 Å². The van der Waals surface area contributed by atoms with Crippen LogP contribution in [0, 0.1) is 24.2 Å². The summed E-state index contributed by atoms with van der Waals surface area (Å²) in [4.78, 5) is 0. The highest BCUT2D eigenvalue weighted by atomic mass is 35.5. The summed E-state index contributed by atoms with van der Waals surface area (Å²) in [6, 6.07) is 8.93. The number of hydrogen-bond donors (Lipinski definition) is 1. The van der Waals surface area contributed by atoms with Crippen LogP contribution in [0.2, 0.25) is 0 Å². The van der Waals surface area contributed by atoms with Crippen LogP contribution in [0.3, 0.4) is 0 Å². The predicted octanol–water partition coefficient (Wildman–Crippen LogP) is 2.63. The molecule has 0 radical (unpaired) electrons. The minimum atomic E-state index is 0. The molecule has 0 saturated heterocycles. The maximum absolute atomic E-state index is 8.44. The van der Waals surface area contributed by atoms with Crippen LogP contribution >= 0.6 is 12.4 Å². The van der Waals surface area contributed by atoms with Gasteiger partial charge in [-0.2, -0.15) is 5.26 Å². The second-order valence-corrected chi connectivity index (χ2v) is 4.66. The lowest BCUT2D eigenvalue weighted by molar-refractivity contribution is 0.502. The van der Waals surface area contributed by atoms with Crippen molar-refractivity contribution in [2.75, 3.05) is 13.1 Å². The van der Waals surface area contributed by atoms with Crippen LogP contribution < -0.4 is 5.32 Å². The van der Waals surface area contributed by atoms with Crippen molar-refractivity contribution in [1.82, 2.24) is 5.32 Å². The largest absolute Gasteiger partial charge is 0.315 e. The molecule has 2 rings (SSSR count). The van der Waals surface area contributed by atoms with Gasteiger partial charge in [-0.1, -0.05) is 23.8 Å². The first-order chi connectivity index (χ1) is 7.79. The van der Waals surface area contributed by atoms with E-state index in [0.29, 0.717) is 6.42 Å². The maximum atomic E-state index is 8.44. The first kappa shape index (κ1) is 14.0. The number of rotatable bonds is 4. The molecule has 1 unspecified atom stereocenters. The maximum Gasteiger partial charge on any atom is 0.0635 e.